The van der Waals surface area contributed by atoms with Crippen molar-refractivity contribution < 1.29 is 9.53 Å². The molecule has 1 aromatic heterocycles. The molecule has 2 atom stereocenters. The second-order valence-electron chi connectivity index (χ2n) is 6.45. The molecule has 5 nitrogen and oxygen atoms in total. The maximum absolute atomic E-state index is 12.9. The fourth-order valence-electron chi connectivity index (χ4n) is 3.16. The van der Waals surface area contributed by atoms with Crippen molar-refractivity contribution in [1.82, 2.24) is 9.88 Å². The Morgan fingerprint density at radius 1 is 1.30 bits per heavy atom. The highest BCUT2D eigenvalue weighted by Crippen LogP contribution is 2.31. The van der Waals surface area contributed by atoms with Crippen LogP contribution in [0.3, 0.4) is 0 Å². The van der Waals surface area contributed by atoms with Crippen LogP contribution in [-0.2, 0) is 0 Å². The van der Waals surface area contributed by atoms with Gasteiger partial charge >= 0.3 is 0 Å². The Balaban J connectivity index is 0.00000182. The fourth-order valence-corrected chi connectivity index (χ4v) is 3.38. The van der Waals surface area contributed by atoms with Crippen LogP contribution in [0.5, 0.6) is 11.5 Å². The summed E-state index contributed by atoms with van der Waals surface area (Å²) in [4.78, 5) is 18.7. The minimum absolute atomic E-state index is 0. The van der Waals surface area contributed by atoms with Gasteiger partial charge in [-0.1, -0.05) is 18.5 Å². The Morgan fingerprint density at radius 2 is 2.00 bits per heavy atom. The summed E-state index contributed by atoms with van der Waals surface area (Å²) in [5.41, 5.74) is 6.42. The second-order valence-corrected chi connectivity index (χ2v) is 6.86. The first kappa shape index (κ1) is 23.5. The minimum atomic E-state index is -0.0280. The number of ether oxygens (including phenoxy) is 1. The van der Waals surface area contributed by atoms with Gasteiger partial charge in [0.15, 0.2) is 0 Å². The third kappa shape index (κ3) is 5.72. The smallest absolute Gasteiger partial charge is 0.254 e. The lowest BCUT2D eigenvalue weighted by atomic mass is 9.92. The first-order valence-electron chi connectivity index (χ1n) is 8.47. The lowest BCUT2D eigenvalue weighted by molar-refractivity contribution is 0.0573. The Labute approximate surface area is 177 Å². The Morgan fingerprint density at radius 3 is 2.63 bits per heavy atom. The summed E-state index contributed by atoms with van der Waals surface area (Å²) in [7, 11) is 0. The van der Waals surface area contributed by atoms with E-state index in [4.69, 9.17) is 22.1 Å². The molecule has 0 spiro atoms. The number of benzene rings is 1. The lowest BCUT2D eigenvalue weighted by Crippen LogP contribution is -2.49. The zero-order valence-corrected chi connectivity index (χ0v) is 17.4. The zero-order valence-electron chi connectivity index (χ0n) is 15.0. The Kier molecular flexibility index (Phi) is 9.33. The molecule has 1 aliphatic heterocycles. The van der Waals surface area contributed by atoms with E-state index in [0.29, 0.717) is 34.5 Å². The molecule has 3 rings (SSSR count). The van der Waals surface area contributed by atoms with E-state index in [2.05, 4.69) is 11.9 Å². The number of nitrogens with zero attached hydrogens (tertiary/aromatic N) is 2. The topological polar surface area (TPSA) is 68.5 Å². The average Bonchev–Trinajstić information content (AvgIpc) is 2.63. The van der Waals surface area contributed by atoms with Gasteiger partial charge in [-0.2, -0.15) is 0 Å². The van der Waals surface area contributed by atoms with Gasteiger partial charge in [0.25, 0.3) is 5.91 Å². The molecule has 2 aromatic rings. The van der Waals surface area contributed by atoms with Crippen molar-refractivity contribution >= 4 is 42.3 Å². The van der Waals surface area contributed by atoms with Crippen molar-refractivity contribution in [2.75, 3.05) is 13.1 Å². The van der Waals surface area contributed by atoms with Gasteiger partial charge in [-0.05, 0) is 49.1 Å². The molecule has 1 fully saturated rings. The molecule has 2 heterocycles. The Bertz CT molecular complexity index is 746. The van der Waals surface area contributed by atoms with Crippen molar-refractivity contribution in [3.05, 3.63) is 53.3 Å². The number of nitrogens with two attached hydrogens (primary N) is 1. The van der Waals surface area contributed by atoms with Gasteiger partial charge in [-0.15, -0.1) is 24.8 Å². The molecule has 0 bridgehead atoms. The normalized spacial score (nSPS) is 18.9. The van der Waals surface area contributed by atoms with Gasteiger partial charge in [-0.25, -0.2) is 0 Å². The highest BCUT2D eigenvalue weighted by molar-refractivity contribution is 6.32. The molecule has 1 saturated heterocycles. The van der Waals surface area contributed by atoms with Crippen LogP contribution in [0.4, 0.5) is 0 Å². The van der Waals surface area contributed by atoms with Crippen LogP contribution >= 0.6 is 36.4 Å². The predicted octanol–water partition coefficient (Wildman–Crippen LogP) is 4.57. The largest absolute Gasteiger partial charge is 0.456 e. The summed E-state index contributed by atoms with van der Waals surface area (Å²) in [6, 6.07) is 8.71. The number of amides is 1. The number of likely N-dealkylation sites (tertiary alicyclic amines) is 1. The minimum Gasteiger partial charge on any atom is -0.456 e. The van der Waals surface area contributed by atoms with Crippen LogP contribution in [-0.4, -0.2) is 34.9 Å². The predicted molar refractivity (Wildman–Crippen MR) is 113 cm³/mol. The highest BCUT2D eigenvalue weighted by Gasteiger charge is 2.29. The van der Waals surface area contributed by atoms with Gasteiger partial charge in [0.05, 0.1) is 5.02 Å². The maximum Gasteiger partial charge on any atom is 0.254 e. The number of carbonyl (C=O) groups is 1. The van der Waals surface area contributed by atoms with Gasteiger partial charge in [0.2, 0.25) is 0 Å². The molecule has 2 unspecified atom stereocenters. The SMILES string of the molecule is CC1CCN(C(=O)c2ccc(Oc3ccncc3)c(Cl)c2)C(CN)C1.Cl.Cl. The summed E-state index contributed by atoms with van der Waals surface area (Å²) in [5.74, 6) is 1.72. The number of piperidine rings is 1. The summed E-state index contributed by atoms with van der Waals surface area (Å²) in [6.07, 6.45) is 5.23. The van der Waals surface area contributed by atoms with Gasteiger partial charge in [0, 0.05) is 37.1 Å². The standard InChI is InChI=1S/C19H22ClN3O2.2ClH/c1-13-6-9-23(15(10-13)12-21)19(24)14-2-3-18(17(20)11-14)25-16-4-7-22-8-5-16;;/h2-5,7-8,11,13,15H,6,9-10,12,21H2,1H3;2*1H. The number of pyridine rings is 1. The van der Waals surface area contributed by atoms with E-state index < -0.39 is 0 Å². The molecule has 2 N–H and O–H groups in total. The number of rotatable bonds is 4. The zero-order chi connectivity index (χ0) is 17.8. The highest BCUT2D eigenvalue weighted by atomic mass is 35.5. The quantitative estimate of drug-likeness (QED) is 0.768. The second kappa shape index (κ2) is 10.7. The van der Waals surface area contributed by atoms with E-state index in [1.807, 2.05) is 4.90 Å². The molecule has 0 radical (unpaired) electrons. The van der Waals surface area contributed by atoms with E-state index >= 15 is 0 Å². The van der Waals surface area contributed by atoms with Crippen LogP contribution in [0, 0.1) is 5.92 Å². The Hall–Kier alpha value is -1.53. The van der Waals surface area contributed by atoms with E-state index in [-0.39, 0.29) is 36.8 Å². The van der Waals surface area contributed by atoms with Crippen LogP contribution < -0.4 is 10.5 Å². The molecule has 27 heavy (non-hydrogen) atoms. The lowest BCUT2D eigenvalue weighted by Gasteiger charge is -2.38. The maximum atomic E-state index is 12.9. The first-order chi connectivity index (χ1) is 12.1. The molecule has 0 aliphatic carbocycles. The van der Waals surface area contributed by atoms with Crippen molar-refractivity contribution in [2.45, 2.75) is 25.8 Å². The fraction of sp³-hybridized carbons (Fsp3) is 0.368. The van der Waals surface area contributed by atoms with Crippen LogP contribution in [0.2, 0.25) is 5.02 Å². The monoisotopic (exact) mass is 431 g/mol. The molecular weight excluding hydrogens is 409 g/mol. The number of aromatic nitrogens is 1. The van der Waals surface area contributed by atoms with Crippen molar-refractivity contribution in [2.24, 2.45) is 11.7 Å². The van der Waals surface area contributed by atoms with E-state index in [0.717, 1.165) is 19.4 Å². The summed E-state index contributed by atoms with van der Waals surface area (Å²) in [5, 5.41) is 0.400. The van der Waals surface area contributed by atoms with Crippen LogP contribution in [0.1, 0.15) is 30.1 Å². The number of hydrogen-bond donors (Lipinski definition) is 1. The number of carbonyl (C=O) groups excluding carboxylic acids is 1. The van der Waals surface area contributed by atoms with Gasteiger partial charge in [0.1, 0.15) is 11.5 Å². The number of halogens is 3. The summed E-state index contributed by atoms with van der Waals surface area (Å²) in [6.45, 7) is 3.41. The van der Waals surface area contributed by atoms with Crippen molar-refractivity contribution in [3.63, 3.8) is 0 Å². The molecule has 1 aromatic carbocycles. The molecule has 0 saturated carbocycles. The van der Waals surface area contributed by atoms with Gasteiger partial charge < -0.3 is 15.4 Å². The van der Waals surface area contributed by atoms with Gasteiger partial charge in [-0.3, -0.25) is 9.78 Å². The third-order valence-corrected chi connectivity index (χ3v) is 4.86. The summed E-state index contributed by atoms with van der Waals surface area (Å²) < 4.78 is 5.73. The third-order valence-electron chi connectivity index (χ3n) is 4.57. The molecular formula is C19H24Cl3N3O2. The molecule has 8 heteroatoms. The van der Waals surface area contributed by atoms with Crippen molar-refractivity contribution in [3.8, 4) is 11.5 Å². The van der Waals surface area contributed by atoms with E-state index in [1.165, 1.54) is 0 Å². The molecule has 148 valence electrons. The number of hydrogen-bond acceptors (Lipinski definition) is 4. The first-order valence-corrected chi connectivity index (χ1v) is 8.84. The molecule has 1 aliphatic rings. The van der Waals surface area contributed by atoms with Crippen molar-refractivity contribution in [1.29, 1.82) is 0 Å². The van der Waals surface area contributed by atoms with E-state index in [1.54, 1.807) is 42.7 Å². The van der Waals surface area contributed by atoms with E-state index in [9.17, 15) is 4.79 Å². The molecule has 1 amide bonds. The van der Waals surface area contributed by atoms with Crippen LogP contribution in [0.15, 0.2) is 42.7 Å². The summed E-state index contributed by atoms with van der Waals surface area (Å²) >= 11 is 6.32. The van der Waals surface area contributed by atoms with Crippen LogP contribution in [0.25, 0.3) is 0 Å². The average molecular weight is 433 g/mol.